The van der Waals surface area contributed by atoms with E-state index >= 15 is 0 Å². The van der Waals surface area contributed by atoms with E-state index < -0.39 is 17.7 Å². The first-order chi connectivity index (χ1) is 17.3. The fraction of sp³-hybridized carbons (Fsp3) is 0.261. The minimum atomic E-state index is -0.937. The summed E-state index contributed by atoms with van der Waals surface area (Å²) < 4.78 is 19.2. The number of rotatable bonds is 12. The van der Waals surface area contributed by atoms with Gasteiger partial charge in [0.15, 0.2) is 0 Å². The van der Waals surface area contributed by atoms with Crippen molar-refractivity contribution in [3.05, 3.63) is 47.5 Å². The van der Waals surface area contributed by atoms with E-state index in [2.05, 4.69) is 25.9 Å². The molecule has 190 valence electrons. The predicted octanol–water partition coefficient (Wildman–Crippen LogP) is 3.83. The number of hydrogen-bond donors (Lipinski definition) is 4. The second-order valence-corrected chi connectivity index (χ2v) is 8.81. The number of fused-ring (bicyclic) bond motifs is 1. The van der Waals surface area contributed by atoms with Crippen LogP contribution in [0.15, 0.2) is 36.7 Å². The number of benzene rings is 2. The van der Waals surface area contributed by atoms with Crippen LogP contribution in [0, 0.1) is 5.82 Å². The Morgan fingerprint density at radius 3 is 2.69 bits per heavy atom. The Bertz CT molecular complexity index is 1280. The van der Waals surface area contributed by atoms with Crippen LogP contribution in [0.4, 0.5) is 21.6 Å². The van der Waals surface area contributed by atoms with Crippen LogP contribution >= 0.6 is 23.4 Å². The third kappa shape index (κ3) is 7.68. The Labute approximate surface area is 215 Å². The van der Waals surface area contributed by atoms with E-state index in [9.17, 15) is 18.8 Å². The lowest BCUT2D eigenvalue weighted by Crippen LogP contribution is -2.34. The zero-order chi connectivity index (χ0) is 26.1. The Morgan fingerprint density at radius 2 is 1.97 bits per heavy atom. The minimum Gasteiger partial charge on any atom is -0.492 e. The number of ether oxygens (including phenoxy) is 1. The number of hydrogen-bond acceptors (Lipinski definition) is 8. The molecule has 2 amide bonds. The molecule has 1 aromatic heterocycles. The number of aliphatic carboxylic acids is 1. The Kier molecular flexibility index (Phi) is 9.65. The number of aromatic nitrogens is 2. The van der Waals surface area contributed by atoms with E-state index in [4.69, 9.17) is 21.4 Å². The molecule has 0 aliphatic carbocycles. The fourth-order valence-corrected chi connectivity index (χ4v) is 3.95. The zero-order valence-electron chi connectivity index (χ0n) is 19.1. The third-order valence-electron chi connectivity index (χ3n) is 4.63. The van der Waals surface area contributed by atoms with Gasteiger partial charge in [-0.2, -0.15) is 11.8 Å². The van der Waals surface area contributed by atoms with Gasteiger partial charge in [0.25, 0.3) is 0 Å². The Hall–Kier alpha value is -3.64. The summed E-state index contributed by atoms with van der Waals surface area (Å²) in [6.07, 6.45) is 1.31. The van der Waals surface area contributed by atoms with Crippen LogP contribution in [0.1, 0.15) is 13.3 Å². The number of carboxylic acid groups (broad SMARTS) is 1. The van der Waals surface area contributed by atoms with Crippen molar-refractivity contribution in [1.82, 2.24) is 15.3 Å². The molecular weight excluding hydrogens is 513 g/mol. The second-order valence-electron chi connectivity index (χ2n) is 7.30. The molecule has 2 aromatic carbocycles. The van der Waals surface area contributed by atoms with Crippen molar-refractivity contribution < 1.29 is 28.6 Å². The number of nitrogens with zero attached hydrogens (tertiary/aromatic N) is 2. The van der Waals surface area contributed by atoms with Crippen LogP contribution in [0.5, 0.6) is 5.75 Å². The number of thioether (sulfide) groups is 1. The normalized spacial score (nSPS) is 10.6. The van der Waals surface area contributed by atoms with E-state index in [1.165, 1.54) is 36.3 Å². The summed E-state index contributed by atoms with van der Waals surface area (Å²) in [5.41, 5.74) is 1.38. The van der Waals surface area contributed by atoms with E-state index in [1.54, 1.807) is 19.1 Å². The van der Waals surface area contributed by atoms with Crippen molar-refractivity contribution in [3.63, 3.8) is 0 Å². The zero-order valence-corrected chi connectivity index (χ0v) is 20.7. The van der Waals surface area contributed by atoms with E-state index in [-0.39, 0.29) is 29.6 Å². The Morgan fingerprint density at radius 1 is 1.17 bits per heavy atom. The smallest absolute Gasteiger partial charge is 0.304 e. The first kappa shape index (κ1) is 27.0. The number of anilines is 3. The van der Waals surface area contributed by atoms with Crippen LogP contribution in [0.3, 0.4) is 0 Å². The largest absolute Gasteiger partial charge is 0.492 e. The lowest BCUT2D eigenvalue weighted by molar-refractivity contribution is -0.136. The van der Waals surface area contributed by atoms with Gasteiger partial charge in [0.05, 0.1) is 41.6 Å². The number of carboxylic acids is 1. The van der Waals surface area contributed by atoms with Gasteiger partial charge in [-0.1, -0.05) is 11.6 Å². The SMILES string of the molecule is CCOc1cc2ncnc(Nc3ccc(F)c(Cl)c3)c2cc1NC(=O)CNC(=O)CSCCC(=O)O. The molecule has 0 bridgehead atoms. The maximum atomic E-state index is 13.5. The summed E-state index contributed by atoms with van der Waals surface area (Å²) in [4.78, 5) is 43.4. The topological polar surface area (TPSA) is 143 Å². The molecule has 0 saturated heterocycles. The van der Waals surface area contributed by atoms with Crippen LogP contribution < -0.4 is 20.7 Å². The van der Waals surface area contributed by atoms with Crippen LogP contribution in [-0.2, 0) is 14.4 Å². The molecule has 1 heterocycles. The summed E-state index contributed by atoms with van der Waals surface area (Å²) in [6, 6.07) is 7.44. The van der Waals surface area contributed by atoms with Gasteiger partial charge in [-0.05, 0) is 31.2 Å². The lowest BCUT2D eigenvalue weighted by atomic mass is 10.1. The quantitative estimate of drug-likeness (QED) is 0.254. The van der Waals surface area contributed by atoms with Crippen LogP contribution in [0.2, 0.25) is 5.02 Å². The second kappa shape index (κ2) is 12.9. The van der Waals surface area contributed by atoms with Gasteiger partial charge in [-0.3, -0.25) is 14.4 Å². The fourth-order valence-electron chi connectivity index (χ4n) is 3.02. The first-order valence-electron chi connectivity index (χ1n) is 10.8. The van der Waals surface area contributed by atoms with Gasteiger partial charge in [-0.25, -0.2) is 14.4 Å². The molecule has 0 unspecified atom stereocenters. The van der Waals surface area contributed by atoms with Crippen LogP contribution in [0.25, 0.3) is 10.9 Å². The highest BCUT2D eigenvalue weighted by Gasteiger charge is 2.15. The molecule has 0 atom stereocenters. The molecule has 3 rings (SSSR count). The number of carbonyl (C=O) groups is 3. The number of carbonyl (C=O) groups excluding carboxylic acids is 2. The molecule has 4 N–H and O–H groups in total. The maximum absolute atomic E-state index is 13.5. The highest BCUT2D eigenvalue weighted by atomic mass is 35.5. The van der Waals surface area contributed by atoms with E-state index in [0.29, 0.717) is 46.2 Å². The van der Waals surface area contributed by atoms with E-state index in [1.807, 2.05) is 0 Å². The first-order valence-corrected chi connectivity index (χ1v) is 12.3. The summed E-state index contributed by atoms with van der Waals surface area (Å²) in [5, 5.41) is 17.4. The van der Waals surface area contributed by atoms with Crippen molar-refractivity contribution in [2.45, 2.75) is 13.3 Å². The molecule has 0 fully saturated rings. The van der Waals surface area contributed by atoms with E-state index in [0.717, 1.165) is 0 Å². The number of halogens is 2. The molecule has 0 spiro atoms. The minimum absolute atomic E-state index is 0.0422. The third-order valence-corrected chi connectivity index (χ3v) is 5.88. The predicted molar refractivity (Wildman–Crippen MR) is 137 cm³/mol. The van der Waals surface area contributed by atoms with Crippen molar-refractivity contribution in [3.8, 4) is 5.75 Å². The van der Waals surface area contributed by atoms with Gasteiger partial charge in [-0.15, -0.1) is 0 Å². The van der Waals surface area contributed by atoms with Crippen molar-refractivity contribution in [2.75, 3.05) is 35.3 Å². The standard InChI is InChI=1S/C23H23ClFN5O5S/c1-2-35-19-9-17-14(23(28-12-27-17)29-13-3-4-16(25)15(24)7-13)8-18(19)30-20(31)10-26-21(32)11-36-6-5-22(33)34/h3-4,7-9,12H,2,5-6,10-11H2,1H3,(H,26,32)(H,30,31)(H,33,34)(H,27,28,29). The maximum Gasteiger partial charge on any atom is 0.304 e. The average Bonchev–Trinajstić information content (AvgIpc) is 2.83. The van der Waals surface area contributed by atoms with Crippen molar-refractivity contribution >= 4 is 69.2 Å². The molecule has 0 aliphatic heterocycles. The molecule has 13 heteroatoms. The van der Waals surface area contributed by atoms with Crippen LogP contribution in [-0.4, -0.2) is 57.5 Å². The monoisotopic (exact) mass is 535 g/mol. The number of nitrogens with one attached hydrogen (secondary N) is 3. The van der Waals surface area contributed by atoms with Gasteiger partial charge < -0.3 is 25.8 Å². The summed E-state index contributed by atoms with van der Waals surface area (Å²) >= 11 is 7.03. The molecule has 0 radical (unpaired) electrons. The molecule has 10 nitrogen and oxygen atoms in total. The molecular formula is C23H23ClFN5O5S. The summed E-state index contributed by atoms with van der Waals surface area (Å²) in [5.74, 6) is -1.25. The van der Waals surface area contributed by atoms with Crippen molar-refractivity contribution in [1.29, 1.82) is 0 Å². The molecule has 3 aromatic rings. The van der Waals surface area contributed by atoms with Gasteiger partial charge in [0, 0.05) is 22.9 Å². The highest BCUT2D eigenvalue weighted by Crippen LogP contribution is 2.33. The lowest BCUT2D eigenvalue weighted by Gasteiger charge is -2.15. The van der Waals surface area contributed by atoms with Gasteiger partial charge in [0.1, 0.15) is 23.7 Å². The summed E-state index contributed by atoms with van der Waals surface area (Å²) in [7, 11) is 0. The molecule has 0 aliphatic rings. The van der Waals surface area contributed by atoms with Crippen molar-refractivity contribution in [2.24, 2.45) is 0 Å². The summed E-state index contributed by atoms with van der Waals surface area (Å²) in [6.45, 7) is 1.85. The van der Waals surface area contributed by atoms with Gasteiger partial charge >= 0.3 is 5.97 Å². The number of amides is 2. The average molecular weight is 536 g/mol. The highest BCUT2D eigenvalue weighted by molar-refractivity contribution is 7.99. The Balaban J connectivity index is 1.74. The molecule has 0 saturated carbocycles. The van der Waals surface area contributed by atoms with Gasteiger partial charge in [0.2, 0.25) is 11.8 Å². The molecule has 36 heavy (non-hydrogen) atoms.